The molecule has 3 nitrogen and oxygen atoms in total. The quantitative estimate of drug-likeness (QED) is 0.720. The normalized spacial score (nSPS) is 10.7. The third-order valence-electron chi connectivity index (χ3n) is 3.29. The number of rotatable bonds is 9. The number of anilines is 1. The molecule has 0 fully saturated rings. The van der Waals surface area contributed by atoms with Crippen molar-refractivity contribution in [3.8, 4) is 0 Å². The number of unbranched alkanes of at least 4 members (excludes halogenated alkanes) is 1. The van der Waals surface area contributed by atoms with Gasteiger partial charge >= 0.3 is 0 Å². The van der Waals surface area contributed by atoms with Gasteiger partial charge in [0.05, 0.1) is 6.61 Å². The number of hydrogen-bond donors (Lipinski definition) is 2. The number of aryl methyl sites for hydroxylation is 1. The smallest absolute Gasteiger partial charge is 0.0606 e. The van der Waals surface area contributed by atoms with Crippen LogP contribution in [-0.4, -0.2) is 31.3 Å². The summed E-state index contributed by atoms with van der Waals surface area (Å²) >= 11 is 0. The molecule has 0 saturated carbocycles. The zero-order chi connectivity index (χ0) is 14.1. The number of aliphatic hydroxyl groups excluding tert-OH is 1. The van der Waals surface area contributed by atoms with Crippen LogP contribution in [0.4, 0.5) is 5.69 Å². The average molecular weight is 264 g/mol. The monoisotopic (exact) mass is 264 g/mol. The molecule has 0 saturated heterocycles. The van der Waals surface area contributed by atoms with E-state index in [2.05, 4.69) is 49.2 Å². The average Bonchev–Trinajstić information content (AvgIpc) is 2.41. The highest BCUT2D eigenvalue weighted by molar-refractivity contribution is 5.55. The molecule has 0 atom stereocenters. The Morgan fingerprint density at radius 2 is 2.00 bits per heavy atom. The van der Waals surface area contributed by atoms with E-state index in [9.17, 15) is 5.11 Å². The Balaban J connectivity index is 2.91. The van der Waals surface area contributed by atoms with E-state index in [1.165, 1.54) is 23.2 Å². The Kier molecular flexibility index (Phi) is 7.53. The molecular formula is C16H28N2O. The summed E-state index contributed by atoms with van der Waals surface area (Å²) in [6, 6.07) is 6.59. The summed E-state index contributed by atoms with van der Waals surface area (Å²) in [6.07, 6.45) is 2.34. The van der Waals surface area contributed by atoms with E-state index in [1.54, 1.807) is 0 Å². The van der Waals surface area contributed by atoms with Crippen molar-refractivity contribution in [2.75, 3.05) is 31.1 Å². The Bertz CT molecular complexity index is 366. The van der Waals surface area contributed by atoms with Gasteiger partial charge in [-0.1, -0.05) is 38.0 Å². The van der Waals surface area contributed by atoms with Crippen LogP contribution in [0.15, 0.2) is 18.2 Å². The van der Waals surface area contributed by atoms with Crippen molar-refractivity contribution < 1.29 is 5.11 Å². The van der Waals surface area contributed by atoms with E-state index in [1.807, 2.05) is 0 Å². The fourth-order valence-electron chi connectivity index (χ4n) is 2.25. The highest BCUT2D eigenvalue weighted by Crippen LogP contribution is 2.22. The molecule has 0 heterocycles. The highest BCUT2D eigenvalue weighted by Gasteiger charge is 2.10. The Morgan fingerprint density at radius 3 is 2.63 bits per heavy atom. The van der Waals surface area contributed by atoms with Gasteiger partial charge in [-0.15, -0.1) is 0 Å². The largest absolute Gasteiger partial charge is 0.395 e. The van der Waals surface area contributed by atoms with Crippen LogP contribution in [0.3, 0.4) is 0 Å². The SMILES string of the molecule is CCCCN(CCO)c1ccc(C)cc1CNCC. The topological polar surface area (TPSA) is 35.5 Å². The van der Waals surface area contributed by atoms with Crippen LogP contribution in [-0.2, 0) is 6.54 Å². The van der Waals surface area contributed by atoms with Gasteiger partial charge in [-0.2, -0.15) is 0 Å². The fourth-order valence-corrected chi connectivity index (χ4v) is 2.25. The van der Waals surface area contributed by atoms with Crippen molar-refractivity contribution in [3.63, 3.8) is 0 Å². The van der Waals surface area contributed by atoms with Crippen molar-refractivity contribution in [1.82, 2.24) is 5.32 Å². The van der Waals surface area contributed by atoms with Gasteiger partial charge in [-0.05, 0) is 31.5 Å². The van der Waals surface area contributed by atoms with Gasteiger partial charge in [-0.25, -0.2) is 0 Å². The molecule has 0 radical (unpaired) electrons. The first kappa shape index (κ1) is 16.0. The van der Waals surface area contributed by atoms with Gasteiger partial charge in [-0.3, -0.25) is 0 Å². The molecule has 0 aliphatic carbocycles. The predicted octanol–water partition coefficient (Wildman–Crippen LogP) is 2.70. The lowest BCUT2D eigenvalue weighted by molar-refractivity contribution is 0.301. The summed E-state index contributed by atoms with van der Waals surface area (Å²) in [5.74, 6) is 0. The molecule has 1 aromatic carbocycles. The molecule has 0 aliphatic rings. The van der Waals surface area contributed by atoms with Gasteiger partial charge < -0.3 is 15.3 Å². The molecular weight excluding hydrogens is 236 g/mol. The number of hydrogen-bond acceptors (Lipinski definition) is 3. The van der Waals surface area contributed by atoms with Crippen LogP contribution in [0.2, 0.25) is 0 Å². The maximum absolute atomic E-state index is 9.26. The van der Waals surface area contributed by atoms with Crippen molar-refractivity contribution in [3.05, 3.63) is 29.3 Å². The number of nitrogens with zero attached hydrogens (tertiary/aromatic N) is 1. The van der Waals surface area contributed by atoms with Gasteiger partial charge in [0.15, 0.2) is 0 Å². The van der Waals surface area contributed by atoms with Crippen LogP contribution in [0.5, 0.6) is 0 Å². The molecule has 0 amide bonds. The minimum absolute atomic E-state index is 0.207. The number of benzene rings is 1. The first-order valence-corrected chi connectivity index (χ1v) is 7.39. The molecule has 0 bridgehead atoms. The summed E-state index contributed by atoms with van der Waals surface area (Å²) in [7, 11) is 0. The fraction of sp³-hybridized carbons (Fsp3) is 0.625. The Labute approximate surface area is 117 Å². The minimum Gasteiger partial charge on any atom is -0.395 e. The van der Waals surface area contributed by atoms with Crippen molar-refractivity contribution in [2.24, 2.45) is 0 Å². The molecule has 0 aromatic heterocycles. The van der Waals surface area contributed by atoms with Crippen LogP contribution in [0, 0.1) is 6.92 Å². The van der Waals surface area contributed by atoms with E-state index in [0.29, 0.717) is 6.54 Å². The lowest BCUT2D eigenvalue weighted by Gasteiger charge is -2.27. The Morgan fingerprint density at radius 1 is 1.21 bits per heavy atom. The third kappa shape index (κ3) is 5.21. The zero-order valence-electron chi connectivity index (χ0n) is 12.6. The molecule has 3 heteroatoms. The number of nitrogens with one attached hydrogen (secondary N) is 1. The van der Waals surface area contributed by atoms with E-state index in [-0.39, 0.29) is 6.61 Å². The van der Waals surface area contributed by atoms with Crippen LogP contribution in [0.25, 0.3) is 0 Å². The summed E-state index contributed by atoms with van der Waals surface area (Å²) in [6.45, 7) is 10.2. The maximum Gasteiger partial charge on any atom is 0.0606 e. The molecule has 0 unspecified atom stereocenters. The highest BCUT2D eigenvalue weighted by atomic mass is 16.3. The van der Waals surface area contributed by atoms with E-state index < -0.39 is 0 Å². The molecule has 2 N–H and O–H groups in total. The van der Waals surface area contributed by atoms with Crippen LogP contribution < -0.4 is 10.2 Å². The molecule has 1 aromatic rings. The second kappa shape index (κ2) is 8.94. The van der Waals surface area contributed by atoms with Crippen molar-refractivity contribution in [2.45, 2.75) is 40.2 Å². The second-order valence-corrected chi connectivity index (χ2v) is 4.98. The second-order valence-electron chi connectivity index (χ2n) is 4.98. The standard InChI is InChI=1S/C16H28N2O/c1-4-6-9-18(10-11-19)16-8-7-14(3)12-15(16)13-17-5-2/h7-8,12,17,19H,4-6,9-11,13H2,1-3H3. The molecule has 1 rings (SSSR count). The lowest BCUT2D eigenvalue weighted by atomic mass is 10.1. The maximum atomic E-state index is 9.26. The van der Waals surface area contributed by atoms with E-state index >= 15 is 0 Å². The van der Waals surface area contributed by atoms with Crippen molar-refractivity contribution in [1.29, 1.82) is 0 Å². The number of aliphatic hydroxyl groups is 1. The summed E-state index contributed by atoms with van der Waals surface area (Å²) in [5.41, 5.74) is 3.87. The molecule has 19 heavy (non-hydrogen) atoms. The molecule has 0 aliphatic heterocycles. The van der Waals surface area contributed by atoms with E-state index in [0.717, 1.165) is 26.1 Å². The summed E-state index contributed by atoms with van der Waals surface area (Å²) in [5, 5.41) is 12.7. The molecule has 0 spiro atoms. The van der Waals surface area contributed by atoms with Crippen molar-refractivity contribution >= 4 is 5.69 Å². The third-order valence-corrected chi connectivity index (χ3v) is 3.29. The van der Waals surface area contributed by atoms with Gasteiger partial charge in [0.2, 0.25) is 0 Å². The Hall–Kier alpha value is -1.06. The van der Waals surface area contributed by atoms with Gasteiger partial charge in [0.1, 0.15) is 0 Å². The van der Waals surface area contributed by atoms with Gasteiger partial charge in [0, 0.05) is 25.3 Å². The molecule has 108 valence electrons. The van der Waals surface area contributed by atoms with Crippen LogP contribution >= 0.6 is 0 Å². The van der Waals surface area contributed by atoms with Crippen LogP contribution in [0.1, 0.15) is 37.8 Å². The van der Waals surface area contributed by atoms with E-state index in [4.69, 9.17) is 0 Å². The van der Waals surface area contributed by atoms with Gasteiger partial charge in [0.25, 0.3) is 0 Å². The summed E-state index contributed by atoms with van der Waals surface area (Å²) < 4.78 is 0. The first-order chi connectivity index (χ1) is 9.22. The minimum atomic E-state index is 0.207. The summed E-state index contributed by atoms with van der Waals surface area (Å²) in [4.78, 5) is 2.30. The predicted molar refractivity (Wildman–Crippen MR) is 82.8 cm³/mol. The zero-order valence-corrected chi connectivity index (χ0v) is 12.6. The first-order valence-electron chi connectivity index (χ1n) is 7.39. The lowest BCUT2D eigenvalue weighted by Crippen LogP contribution is -2.29.